The van der Waals surface area contributed by atoms with Gasteiger partial charge < -0.3 is 5.32 Å². The van der Waals surface area contributed by atoms with Crippen LogP contribution < -0.4 is 5.32 Å². The van der Waals surface area contributed by atoms with Crippen LogP contribution in [0.2, 0.25) is 0 Å². The predicted octanol–water partition coefficient (Wildman–Crippen LogP) is 2.35. The SMILES string of the molecule is CCNC(c1c(Br)nnn1C)C(C)(C)N(CC)CC. The molecule has 6 heteroatoms. The van der Waals surface area contributed by atoms with Crippen molar-refractivity contribution >= 4 is 15.9 Å². The van der Waals surface area contributed by atoms with Gasteiger partial charge in [-0.25, -0.2) is 4.68 Å². The van der Waals surface area contributed by atoms with Crippen LogP contribution in [-0.4, -0.2) is 45.1 Å². The number of nitrogens with zero attached hydrogens (tertiary/aromatic N) is 4. The lowest BCUT2D eigenvalue weighted by atomic mass is 9.89. The van der Waals surface area contributed by atoms with Gasteiger partial charge in [0.05, 0.1) is 11.7 Å². The molecule has 0 aromatic carbocycles. The number of aromatic nitrogens is 3. The van der Waals surface area contributed by atoms with Gasteiger partial charge in [0.25, 0.3) is 0 Å². The summed E-state index contributed by atoms with van der Waals surface area (Å²) in [5.74, 6) is 0. The van der Waals surface area contributed by atoms with Crippen molar-refractivity contribution in [1.82, 2.24) is 25.2 Å². The van der Waals surface area contributed by atoms with Crippen LogP contribution in [0.4, 0.5) is 0 Å². The molecule has 1 rings (SSSR count). The number of halogens is 1. The molecule has 0 saturated carbocycles. The van der Waals surface area contributed by atoms with E-state index in [2.05, 4.69) is 71.1 Å². The molecule has 0 aliphatic heterocycles. The topological polar surface area (TPSA) is 46.0 Å². The highest BCUT2D eigenvalue weighted by atomic mass is 79.9. The Kier molecular flexibility index (Phi) is 5.95. The minimum atomic E-state index is -0.0164. The molecule has 0 spiro atoms. The summed E-state index contributed by atoms with van der Waals surface area (Å²) in [5, 5.41) is 11.8. The number of rotatable bonds is 7. The summed E-state index contributed by atoms with van der Waals surface area (Å²) >= 11 is 3.52. The third-order valence-corrected chi connectivity index (χ3v) is 4.36. The van der Waals surface area contributed by atoms with Gasteiger partial charge in [0.15, 0.2) is 4.60 Å². The molecule has 1 aromatic heterocycles. The van der Waals surface area contributed by atoms with E-state index < -0.39 is 0 Å². The van der Waals surface area contributed by atoms with Gasteiger partial charge in [-0.1, -0.05) is 26.0 Å². The summed E-state index contributed by atoms with van der Waals surface area (Å²) in [6, 6.07) is 0.173. The van der Waals surface area contributed by atoms with Crippen molar-refractivity contribution in [3.8, 4) is 0 Å². The van der Waals surface area contributed by atoms with E-state index in [4.69, 9.17) is 0 Å². The molecule has 0 radical (unpaired) electrons. The second-order valence-electron chi connectivity index (χ2n) is 5.21. The third-order valence-electron chi connectivity index (χ3n) is 3.79. The van der Waals surface area contributed by atoms with Crippen LogP contribution in [0.15, 0.2) is 4.60 Å². The molecule has 0 aliphatic carbocycles. The molecular formula is C13H26BrN5. The molecule has 19 heavy (non-hydrogen) atoms. The Hall–Kier alpha value is -0.460. The standard InChI is InChI=1S/C13H26BrN5/c1-7-15-11(10-12(14)16-17-18(10)6)13(4,5)19(8-2)9-3/h11,15H,7-9H2,1-6H3. The number of aryl methyl sites for hydroxylation is 1. The summed E-state index contributed by atoms with van der Waals surface area (Å²) in [5.41, 5.74) is 1.08. The van der Waals surface area contributed by atoms with Gasteiger partial charge in [-0.2, -0.15) is 0 Å². The number of likely N-dealkylation sites (N-methyl/N-ethyl adjacent to an activating group) is 2. The fourth-order valence-corrected chi connectivity index (χ4v) is 3.31. The Morgan fingerprint density at radius 2 is 1.89 bits per heavy atom. The van der Waals surface area contributed by atoms with Crippen LogP contribution >= 0.6 is 15.9 Å². The average Bonchev–Trinajstić information content (AvgIpc) is 2.67. The van der Waals surface area contributed by atoms with Gasteiger partial charge >= 0.3 is 0 Å². The van der Waals surface area contributed by atoms with E-state index >= 15 is 0 Å². The quantitative estimate of drug-likeness (QED) is 0.833. The maximum absolute atomic E-state index is 4.11. The smallest absolute Gasteiger partial charge is 0.153 e. The highest BCUT2D eigenvalue weighted by Gasteiger charge is 2.37. The normalized spacial score (nSPS) is 14.1. The first-order valence-corrected chi connectivity index (χ1v) is 7.72. The molecular weight excluding hydrogens is 306 g/mol. The first kappa shape index (κ1) is 16.6. The van der Waals surface area contributed by atoms with Crippen LogP contribution in [0.1, 0.15) is 46.4 Å². The number of nitrogens with one attached hydrogen (secondary N) is 1. The van der Waals surface area contributed by atoms with Crippen molar-refractivity contribution < 1.29 is 0 Å². The van der Waals surface area contributed by atoms with E-state index in [0.717, 1.165) is 29.9 Å². The van der Waals surface area contributed by atoms with Gasteiger partial charge in [0.2, 0.25) is 0 Å². The molecule has 0 saturated heterocycles. The van der Waals surface area contributed by atoms with Crippen molar-refractivity contribution in [3.63, 3.8) is 0 Å². The lowest BCUT2D eigenvalue weighted by Gasteiger charge is -2.43. The zero-order chi connectivity index (χ0) is 14.6. The predicted molar refractivity (Wildman–Crippen MR) is 82.1 cm³/mol. The van der Waals surface area contributed by atoms with Crippen LogP contribution in [-0.2, 0) is 7.05 Å². The van der Waals surface area contributed by atoms with E-state index in [9.17, 15) is 0 Å². The summed E-state index contributed by atoms with van der Waals surface area (Å²) in [6.45, 7) is 14.0. The third kappa shape index (κ3) is 3.35. The fraction of sp³-hybridized carbons (Fsp3) is 0.846. The van der Waals surface area contributed by atoms with Gasteiger partial charge in [-0.05, 0) is 49.4 Å². The summed E-state index contributed by atoms with van der Waals surface area (Å²) in [4.78, 5) is 2.46. The average molecular weight is 332 g/mol. The molecule has 1 heterocycles. The van der Waals surface area contributed by atoms with Crippen LogP contribution in [0, 0.1) is 0 Å². The van der Waals surface area contributed by atoms with Crippen molar-refractivity contribution in [2.45, 2.75) is 46.2 Å². The zero-order valence-electron chi connectivity index (χ0n) is 12.9. The minimum Gasteiger partial charge on any atom is -0.307 e. The highest BCUT2D eigenvalue weighted by molar-refractivity contribution is 9.10. The number of hydrogen-bond acceptors (Lipinski definition) is 4. The fourth-order valence-electron chi connectivity index (χ4n) is 2.75. The highest BCUT2D eigenvalue weighted by Crippen LogP contribution is 2.33. The van der Waals surface area contributed by atoms with Gasteiger partial charge in [-0.15, -0.1) is 5.10 Å². The zero-order valence-corrected chi connectivity index (χ0v) is 14.5. The van der Waals surface area contributed by atoms with Crippen molar-refractivity contribution in [2.75, 3.05) is 19.6 Å². The van der Waals surface area contributed by atoms with E-state index in [1.165, 1.54) is 0 Å². The summed E-state index contributed by atoms with van der Waals surface area (Å²) in [7, 11) is 1.94. The molecule has 1 N–H and O–H groups in total. The first-order chi connectivity index (χ1) is 8.89. The Labute approximate surface area is 124 Å². The summed E-state index contributed by atoms with van der Waals surface area (Å²) < 4.78 is 2.67. The monoisotopic (exact) mass is 331 g/mol. The first-order valence-electron chi connectivity index (χ1n) is 6.93. The van der Waals surface area contributed by atoms with E-state index in [0.29, 0.717) is 0 Å². The van der Waals surface area contributed by atoms with E-state index in [1.807, 2.05) is 11.7 Å². The summed E-state index contributed by atoms with van der Waals surface area (Å²) in [6.07, 6.45) is 0. The van der Waals surface area contributed by atoms with Crippen molar-refractivity contribution in [1.29, 1.82) is 0 Å². The van der Waals surface area contributed by atoms with E-state index in [-0.39, 0.29) is 11.6 Å². The lowest BCUT2D eigenvalue weighted by Crippen LogP contribution is -2.53. The van der Waals surface area contributed by atoms with Gasteiger partial charge in [0, 0.05) is 12.6 Å². The Balaban J connectivity index is 3.20. The van der Waals surface area contributed by atoms with Crippen LogP contribution in [0.5, 0.6) is 0 Å². The van der Waals surface area contributed by atoms with Crippen LogP contribution in [0.25, 0.3) is 0 Å². The molecule has 1 atom stereocenters. The molecule has 1 unspecified atom stereocenters. The Bertz CT molecular complexity index is 378. The Morgan fingerprint density at radius 1 is 1.32 bits per heavy atom. The molecule has 0 amide bonds. The molecule has 0 bridgehead atoms. The number of hydrogen-bond donors (Lipinski definition) is 1. The van der Waals surface area contributed by atoms with E-state index in [1.54, 1.807) is 0 Å². The lowest BCUT2D eigenvalue weighted by molar-refractivity contribution is 0.0883. The largest absolute Gasteiger partial charge is 0.307 e. The molecule has 5 nitrogen and oxygen atoms in total. The maximum Gasteiger partial charge on any atom is 0.153 e. The van der Waals surface area contributed by atoms with Gasteiger partial charge in [0.1, 0.15) is 0 Å². The molecule has 0 aliphatic rings. The van der Waals surface area contributed by atoms with Crippen molar-refractivity contribution in [2.24, 2.45) is 7.05 Å². The molecule has 1 aromatic rings. The second-order valence-corrected chi connectivity index (χ2v) is 5.96. The maximum atomic E-state index is 4.11. The Morgan fingerprint density at radius 3 is 2.26 bits per heavy atom. The van der Waals surface area contributed by atoms with Crippen molar-refractivity contribution in [3.05, 3.63) is 10.3 Å². The second kappa shape index (κ2) is 6.81. The minimum absolute atomic E-state index is 0.0164. The molecule has 110 valence electrons. The van der Waals surface area contributed by atoms with Gasteiger partial charge in [-0.3, -0.25) is 4.90 Å². The van der Waals surface area contributed by atoms with Crippen LogP contribution in [0.3, 0.4) is 0 Å². The molecule has 0 fully saturated rings.